The Morgan fingerprint density at radius 3 is 2.31 bits per heavy atom. The average Bonchev–Trinajstić information content (AvgIpc) is 2.94. The van der Waals surface area contributed by atoms with Crippen molar-refractivity contribution in [1.82, 2.24) is 15.0 Å². The maximum atomic E-state index is 14.3. The van der Waals surface area contributed by atoms with E-state index < -0.39 is 0 Å². The first-order chi connectivity index (χ1) is 12.0. The zero-order valence-electron chi connectivity index (χ0n) is 17.3. The Hall–Kier alpha value is -0.664. The summed E-state index contributed by atoms with van der Waals surface area (Å²) >= 11 is 0. The Kier molecular flexibility index (Phi) is 16.3. The molecule has 4 nitrogen and oxygen atoms in total. The summed E-state index contributed by atoms with van der Waals surface area (Å²) in [5, 5.41) is 3.46. The van der Waals surface area contributed by atoms with Gasteiger partial charge in [-0.2, -0.15) is 5.57 Å². The fourth-order valence-electron chi connectivity index (χ4n) is 1.98. The van der Waals surface area contributed by atoms with Crippen LogP contribution in [0, 0.1) is 26.2 Å². The summed E-state index contributed by atoms with van der Waals surface area (Å²) in [5.74, 6) is 0.727. The maximum Gasteiger partial charge on any atom is 1.00 e. The number of aryl methyl sites for hydroxylation is 2. The minimum absolute atomic E-state index is 0. The van der Waals surface area contributed by atoms with Crippen LogP contribution in [0.5, 0.6) is 0 Å². The summed E-state index contributed by atoms with van der Waals surface area (Å²) < 4.78 is 14.3. The number of rotatable bonds is 5. The van der Waals surface area contributed by atoms with Crippen LogP contribution in [-0.2, 0) is 6.42 Å². The predicted molar refractivity (Wildman–Crippen MR) is 106 cm³/mol. The minimum Gasteiger partial charge on any atom is -0.382 e. The van der Waals surface area contributed by atoms with E-state index >= 15 is 0 Å². The Labute approximate surface area is 200 Å². The monoisotopic (exact) mass is 385 g/mol. The third-order valence-corrected chi connectivity index (χ3v) is 3.06. The summed E-state index contributed by atoms with van der Waals surface area (Å²) in [7, 11) is 0. The SMILES string of the molecule is CC.CCC.[CH-]=C/C(=C\[CH2-])CNc1nc(C)nc2[nH]c(CC)c(F)c12.[K+]. The van der Waals surface area contributed by atoms with Gasteiger partial charge >= 0.3 is 51.4 Å². The number of nitrogens with zero attached hydrogens (tertiary/aromatic N) is 2. The minimum atomic E-state index is -0.304. The zero-order chi connectivity index (χ0) is 19.4. The molecule has 2 aromatic rings. The first kappa shape index (κ1) is 27.6. The van der Waals surface area contributed by atoms with Gasteiger partial charge in [-0.05, 0) is 19.9 Å². The number of aromatic nitrogens is 3. The summed E-state index contributed by atoms with van der Waals surface area (Å²) in [6.45, 7) is 21.4. The number of allylic oxidation sites excluding steroid dienone is 1. The van der Waals surface area contributed by atoms with E-state index in [1.54, 1.807) is 13.0 Å². The number of anilines is 1. The quantitative estimate of drug-likeness (QED) is 0.473. The molecular formula is C20H31FKN4-. The Balaban J connectivity index is 0. The van der Waals surface area contributed by atoms with Gasteiger partial charge in [0.25, 0.3) is 0 Å². The molecule has 26 heavy (non-hydrogen) atoms. The third-order valence-electron chi connectivity index (χ3n) is 3.06. The molecule has 0 amide bonds. The molecule has 0 aliphatic carbocycles. The van der Waals surface area contributed by atoms with Crippen molar-refractivity contribution in [2.24, 2.45) is 0 Å². The zero-order valence-corrected chi connectivity index (χ0v) is 20.5. The largest absolute Gasteiger partial charge is 1.00 e. The molecule has 0 aliphatic heterocycles. The first-order valence-corrected chi connectivity index (χ1v) is 8.83. The molecule has 2 heterocycles. The Morgan fingerprint density at radius 1 is 1.27 bits per heavy atom. The molecule has 0 saturated carbocycles. The van der Waals surface area contributed by atoms with Gasteiger partial charge in [0.15, 0.2) is 5.82 Å². The van der Waals surface area contributed by atoms with Gasteiger partial charge in [-0.3, -0.25) is 6.58 Å². The van der Waals surface area contributed by atoms with Crippen molar-refractivity contribution in [2.45, 2.75) is 54.4 Å². The van der Waals surface area contributed by atoms with E-state index in [-0.39, 0.29) is 57.2 Å². The van der Waals surface area contributed by atoms with Gasteiger partial charge in [-0.25, -0.2) is 33.4 Å². The van der Waals surface area contributed by atoms with Gasteiger partial charge in [0.05, 0.1) is 11.1 Å². The van der Waals surface area contributed by atoms with E-state index in [0.717, 1.165) is 5.57 Å². The van der Waals surface area contributed by atoms with Crippen molar-refractivity contribution in [3.63, 3.8) is 0 Å². The van der Waals surface area contributed by atoms with Crippen LogP contribution < -0.4 is 56.7 Å². The van der Waals surface area contributed by atoms with Gasteiger partial charge in [-0.1, -0.05) is 41.0 Å². The van der Waals surface area contributed by atoms with Gasteiger partial charge < -0.3 is 10.3 Å². The first-order valence-electron chi connectivity index (χ1n) is 8.83. The van der Waals surface area contributed by atoms with Crippen molar-refractivity contribution in [3.8, 4) is 0 Å². The fourth-order valence-corrected chi connectivity index (χ4v) is 1.98. The molecule has 0 saturated heterocycles. The number of nitrogens with one attached hydrogen (secondary N) is 2. The smallest absolute Gasteiger partial charge is 0.382 e. The summed E-state index contributed by atoms with van der Waals surface area (Å²) in [4.78, 5) is 11.5. The molecule has 2 rings (SSSR count). The van der Waals surface area contributed by atoms with Gasteiger partial charge in [0.1, 0.15) is 17.3 Å². The number of aromatic amines is 1. The molecule has 0 atom stereocenters. The van der Waals surface area contributed by atoms with Crippen molar-refractivity contribution in [1.29, 1.82) is 0 Å². The summed E-state index contributed by atoms with van der Waals surface area (Å²) in [6, 6.07) is 0. The van der Waals surface area contributed by atoms with Crippen LogP contribution in [0.1, 0.15) is 52.6 Å². The van der Waals surface area contributed by atoms with Crippen molar-refractivity contribution in [2.75, 3.05) is 11.9 Å². The van der Waals surface area contributed by atoms with Crippen LogP contribution in [0.4, 0.5) is 10.2 Å². The third kappa shape index (κ3) is 7.92. The average molecular weight is 386 g/mol. The van der Waals surface area contributed by atoms with E-state index in [2.05, 4.69) is 41.0 Å². The number of hydrogen-bond donors (Lipinski definition) is 2. The molecular weight excluding hydrogens is 354 g/mol. The van der Waals surface area contributed by atoms with Crippen molar-refractivity contribution >= 4 is 16.9 Å². The summed E-state index contributed by atoms with van der Waals surface area (Å²) in [5.41, 5.74) is 1.84. The molecule has 2 aromatic heterocycles. The number of fused-ring (bicyclic) bond motifs is 1. The molecule has 2 N–H and O–H groups in total. The normalized spacial score (nSPS) is 10.0. The van der Waals surface area contributed by atoms with Crippen LogP contribution in [-0.4, -0.2) is 21.5 Å². The Bertz CT molecular complexity index is 693. The topological polar surface area (TPSA) is 53.6 Å². The molecule has 0 fully saturated rings. The standard InChI is InChI=1S/C15H17FN4.C3H8.C2H6.K/c1-5-10(6-2)8-17-14-12-13(16)11(7-3)20-15(12)19-9(4)18-14;1-3-2;1-2;/h1,5-6H,2,7-8H2,3-4H3,(H2,17,18,19,20);3H2,1-2H3;1-2H3;/q-2;;;+1/b10-6+;;;. The van der Waals surface area contributed by atoms with Gasteiger partial charge in [0, 0.05) is 0 Å². The van der Waals surface area contributed by atoms with Crippen LogP contribution in [0.15, 0.2) is 17.7 Å². The molecule has 0 aliphatic rings. The van der Waals surface area contributed by atoms with E-state index in [1.807, 2.05) is 20.8 Å². The van der Waals surface area contributed by atoms with Crippen LogP contribution in [0.3, 0.4) is 0 Å². The molecule has 0 bridgehead atoms. The van der Waals surface area contributed by atoms with E-state index in [9.17, 15) is 4.39 Å². The molecule has 0 unspecified atom stereocenters. The second-order valence-corrected chi connectivity index (χ2v) is 5.12. The number of H-pyrrole nitrogens is 1. The number of hydrogen-bond acceptors (Lipinski definition) is 3. The fraction of sp³-hybridized carbons (Fsp3) is 0.450. The van der Waals surface area contributed by atoms with Gasteiger partial charge in [-0.15, -0.1) is 0 Å². The molecule has 0 aromatic carbocycles. The molecule has 0 spiro atoms. The van der Waals surface area contributed by atoms with Crippen LogP contribution >= 0.6 is 0 Å². The summed E-state index contributed by atoms with van der Waals surface area (Å²) in [6.07, 6.45) is 4.92. The van der Waals surface area contributed by atoms with Crippen molar-refractivity contribution in [3.05, 3.63) is 48.6 Å². The Morgan fingerprint density at radius 2 is 1.85 bits per heavy atom. The number of halogens is 1. The molecule has 140 valence electrons. The van der Waals surface area contributed by atoms with Crippen molar-refractivity contribution < 1.29 is 55.8 Å². The van der Waals surface area contributed by atoms with Crippen LogP contribution in [0.25, 0.3) is 11.0 Å². The molecule has 0 radical (unpaired) electrons. The predicted octanol–water partition coefficient (Wildman–Crippen LogP) is 2.58. The second-order valence-electron chi connectivity index (χ2n) is 5.12. The van der Waals surface area contributed by atoms with Crippen LogP contribution in [0.2, 0.25) is 0 Å². The van der Waals surface area contributed by atoms with E-state index in [4.69, 9.17) is 6.58 Å². The van der Waals surface area contributed by atoms with E-state index in [0.29, 0.717) is 41.3 Å². The second kappa shape index (κ2) is 15.4. The molecule has 6 heteroatoms. The maximum absolute atomic E-state index is 14.3. The van der Waals surface area contributed by atoms with Gasteiger partial charge in [0.2, 0.25) is 0 Å². The van der Waals surface area contributed by atoms with E-state index in [1.165, 1.54) is 12.5 Å².